The first kappa shape index (κ1) is 23.1. The number of hydrogen-bond acceptors (Lipinski definition) is 7. The van der Waals surface area contributed by atoms with Gasteiger partial charge in [0.25, 0.3) is 5.78 Å². The number of Topliss-reactive ketones (excluding diaryl/α,β-unsaturated/α-hetero) is 1. The summed E-state index contributed by atoms with van der Waals surface area (Å²) < 4.78 is 21.1. The molecule has 0 spiro atoms. The molecule has 0 atom stereocenters. The van der Waals surface area contributed by atoms with Crippen molar-refractivity contribution in [1.29, 1.82) is 0 Å². The quantitative estimate of drug-likeness (QED) is 0.232. The molecular weight excluding hydrogens is 390 g/mol. The molecule has 8 nitrogen and oxygen atoms in total. The zero-order valence-corrected chi connectivity index (χ0v) is 16.8. The topological polar surface area (TPSA) is 100 Å². The Morgan fingerprint density at radius 2 is 1.37 bits per heavy atom. The molecule has 0 bridgehead atoms. The summed E-state index contributed by atoms with van der Waals surface area (Å²) in [5.74, 6) is -1.03. The van der Waals surface area contributed by atoms with E-state index in [1.165, 1.54) is 6.92 Å². The molecule has 2 aromatic carbocycles. The van der Waals surface area contributed by atoms with Crippen LogP contribution >= 0.6 is 0 Å². The van der Waals surface area contributed by atoms with Crippen molar-refractivity contribution in [1.82, 2.24) is 0 Å². The van der Waals surface area contributed by atoms with E-state index in [4.69, 9.17) is 18.9 Å². The number of anilines is 1. The summed E-state index contributed by atoms with van der Waals surface area (Å²) in [6.07, 6.45) is 0. The number of esters is 1. The molecule has 2 rings (SSSR count). The third-order valence-electron chi connectivity index (χ3n) is 3.73. The second kappa shape index (κ2) is 13.1. The fourth-order valence-electron chi connectivity index (χ4n) is 2.34. The van der Waals surface area contributed by atoms with Crippen molar-refractivity contribution in [2.45, 2.75) is 6.92 Å². The first-order valence-corrected chi connectivity index (χ1v) is 9.48. The number of ketones is 1. The van der Waals surface area contributed by atoms with Gasteiger partial charge in [-0.2, -0.15) is 0 Å². The first-order chi connectivity index (χ1) is 14.6. The highest BCUT2D eigenvalue weighted by molar-refractivity contribution is 6.40. The summed E-state index contributed by atoms with van der Waals surface area (Å²) in [6.45, 7) is 3.07. The normalized spacial score (nSPS) is 10.3. The minimum Gasteiger partial charge on any atom is -0.491 e. The standard InChI is InChI=1S/C22H25NO7/c1-17(24)23-19-7-9-20(10-8-19)29-15-13-27-11-12-28-14-16-30-22(26)21(25)18-5-3-2-4-6-18/h2-10H,11-16H2,1H3,(H,23,24). The van der Waals surface area contributed by atoms with Gasteiger partial charge in [-0.1, -0.05) is 30.3 Å². The van der Waals surface area contributed by atoms with E-state index < -0.39 is 11.8 Å². The van der Waals surface area contributed by atoms with Crippen molar-refractivity contribution in [2.24, 2.45) is 0 Å². The Morgan fingerprint density at radius 3 is 2.00 bits per heavy atom. The third kappa shape index (κ3) is 8.85. The van der Waals surface area contributed by atoms with E-state index >= 15 is 0 Å². The van der Waals surface area contributed by atoms with Crippen LogP contribution in [0.5, 0.6) is 5.75 Å². The van der Waals surface area contributed by atoms with Gasteiger partial charge in [0, 0.05) is 18.2 Å². The van der Waals surface area contributed by atoms with E-state index in [0.717, 1.165) is 0 Å². The molecule has 0 aliphatic rings. The van der Waals surface area contributed by atoms with Crippen molar-refractivity contribution < 1.29 is 33.3 Å². The average molecular weight is 415 g/mol. The van der Waals surface area contributed by atoms with Gasteiger partial charge in [0.1, 0.15) is 19.0 Å². The highest BCUT2D eigenvalue weighted by Gasteiger charge is 2.16. The molecule has 1 amide bonds. The maximum absolute atomic E-state index is 11.8. The van der Waals surface area contributed by atoms with Gasteiger partial charge < -0.3 is 24.3 Å². The Labute approximate surface area is 175 Å². The highest BCUT2D eigenvalue weighted by atomic mass is 16.6. The van der Waals surface area contributed by atoms with Gasteiger partial charge in [0.15, 0.2) is 0 Å². The van der Waals surface area contributed by atoms with Crippen LogP contribution in [-0.4, -0.2) is 57.3 Å². The van der Waals surface area contributed by atoms with E-state index in [1.807, 2.05) is 0 Å². The lowest BCUT2D eigenvalue weighted by Gasteiger charge is -2.09. The second-order valence-electron chi connectivity index (χ2n) is 6.11. The van der Waals surface area contributed by atoms with Gasteiger partial charge >= 0.3 is 5.97 Å². The van der Waals surface area contributed by atoms with Crippen molar-refractivity contribution in [2.75, 3.05) is 45.0 Å². The molecule has 160 valence electrons. The van der Waals surface area contributed by atoms with Crippen LogP contribution in [0.3, 0.4) is 0 Å². The summed E-state index contributed by atoms with van der Waals surface area (Å²) in [5, 5.41) is 2.68. The third-order valence-corrected chi connectivity index (χ3v) is 3.73. The molecule has 8 heteroatoms. The van der Waals surface area contributed by atoms with Gasteiger partial charge in [-0.3, -0.25) is 9.59 Å². The van der Waals surface area contributed by atoms with E-state index in [9.17, 15) is 14.4 Å². The molecule has 0 heterocycles. The fraction of sp³-hybridized carbons (Fsp3) is 0.318. The van der Waals surface area contributed by atoms with Gasteiger partial charge in [0.2, 0.25) is 5.91 Å². The minimum absolute atomic E-state index is 0.00496. The lowest BCUT2D eigenvalue weighted by molar-refractivity contribution is -0.139. The Hall–Kier alpha value is -3.23. The molecule has 30 heavy (non-hydrogen) atoms. The molecule has 0 saturated heterocycles. The number of ether oxygens (including phenoxy) is 4. The first-order valence-electron chi connectivity index (χ1n) is 9.48. The van der Waals surface area contributed by atoms with E-state index in [0.29, 0.717) is 43.4 Å². The zero-order chi connectivity index (χ0) is 21.6. The Bertz CT molecular complexity index is 806. The molecule has 0 aromatic heterocycles. The van der Waals surface area contributed by atoms with Gasteiger partial charge in [-0.05, 0) is 24.3 Å². The molecule has 0 fully saturated rings. The summed E-state index contributed by atoms with van der Waals surface area (Å²) in [6, 6.07) is 15.3. The number of nitrogens with one attached hydrogen (secondary N) is 1. The van der Waals surface area contributed by atoms with Crippen LogP contribution in [0.4, 0.5) is 5.69 Å². The summed E-state index contributed by atoms with van der Waals surface area (Å²) in [4.78, 5) is 34.4. The maximum Gasteiger partial charge on any atom is 0.379 e. The average Bonchev–Trinajstić information content (AvgIpc) is 2.75. The molecule has 1 N–H and O–H groups in total. The number of amides is 1. The summed E-state index contributed by atoms with van der Waals surface area (Å²) in [7, 11) is 0. The maximum atomic E-state index is 11.8. The molecule has 0 saturated carbocycles. The van der Waals surface area contributed by atoms with Crippen LogP contribution in [-0.2, 0) is 23.8 Å². The highest BCUT2D eigenvalue weighted by Crippen LogP contribution is 2.15. The largest absolute Gasteiger partial charge is 0.491 e. The van der Waals surface area contributed by atoms with Crippen LogP contribution < -0.4 is 10.1 Å². The molecular formula is C22H25NO7. The van der Waals surface area contributed by atoms with Crippen LogP contribution in [0.15, 0.2) is 54.6 Å². The van der Waals surface area contributed by atoms with E-state index in [2.05, 4.69) is 5.32 Å². The summed E-state index contributed by atoms with van der Waals surface area (Å²) >= 11 is 0. The van der Waals surface area contributed by atoms with Crippen LogP contribution in [0.2, 0.25) is 0 Å². The SMILES string of the molecule is CC(=O)Nc1ccc(OCCOCCOCCOC(=O)C(=O)c2ccccc2)cc1. The number of rotatable bonds is 13. The Kier molecular flexibility index (Phi) is 10.0. The minimum atomic E-state index is -0.900. The number of benzene rings is 2. The lowest BCUT2D eigenvalue weighted by Crippen LogP contribution is -2.20. The van der Waals surface area contributed by atoms with Crippen LogP contribution in [0.25, 0.3) is 0 Å². The zero-order valence-electron chi connectivity index (χ0n) is 16.8. The van der Waals surface area contributed by atoms with E-state index in [1.54, 1.807) is 54.6 Å². The molecule has 0 radical (unpaired) electrons. The van der Waals surface area contributed by atoms with Crippen LogP contribution in [0, 0.1) is 0 Å². The van der Waals surface area contributed by atoms with Crippen LogP contribution in [0.1, 0.15) is 17.3 Å². The molecule has 2 aromatic rings. The Morgan fingerprint density at radius 1 is 0.767 bits per heavy atom. The molecule has 0 aliphatic carbocycles. The van der Waals surface area contributed by atoms with Gasteiger partial charge in [-0.25, -0.2) is 4.79 Å². The smallest absolute Gasteiger partial charge is 0.379 e. The number of hydrogen-bond donors (Lipinski definition) is 1. The monoisotopic (exact) mass is 415 g/mol. The number of carbonyl (C=O) groups excluding carboxylic acids is 3. The summed E-state index contributed by atoms with van der Waals surface area (Å²) in [5.41, 5.74) is 1.00. The van der Waals surface area contributed by atoms with Gasteiger partial charge in [0.05, 0.1) is 26.4 Å². The van der Waals surface area contributed by atoms with E-state index in [-0.39, 0.29) is 19.1 Å². The number of carbonyl (C=O) groups is 3. The lowest BCUT2D eigenvalue weighted by atomic mass is 10.1. The molecule has 0 unspecified atom stereocenters. The van der Waals surface area contributed by atoms with Crippen molar-refractivity contribution >= 4 is 23.3 Å². The molecule has 0 aliphatic heterocycles. The fourth-order valence-corrected chi connectivity index (χ4v) is 2.34. The Balaban J connectivity index is 1.45. The van der Waals surface area contributed by atoms with Gasteiger partial charge in [-0.15, -0.1) is 0 Å². The van der Waals surface area contributed by atoms with Crippen molar-refractivity contribution in [3.63, 3.8) is 0 Å². The van der Waals surface area contributed by atoms with Crippen molar-refractivity contribution in [3.8, 4) is 5.75 Å². The predicted molar refractivity (Wildman–Crippen MR) is 110 cm³/mol. The second-order valence-corrected chi connectivity index (χ2v) is 6.11. The predicted octanol–water partition coefficient (Wildman–Crippen LogP) is 2.48. The van der Waals surface area contributed by atoms with Crippen molar-refractivity contribution in [3.05, 3.63) is 60.2 Å².